The fourth-order valence-corrected chi connectivity index (χ4v) is 3.68. The van der Waals surface area contributed by atoms with Gasteiger partial charge in [-0.05, 0) is 30.7 Å². The fourth-order valence-electron chi connectivity index (χ4n) is 3.19. The summed E-state index contributed by atoms with van der Waals surface area (Å²) in [6, 6.07) is 13.6. The number of quaternary nitrogens is 1. The molecule has 0 bridgehead atoms. The van der Waals surface area contributed by atoms with Crippen LogP contribution in [0.1, 0.15) is 5.56 Å². The number of carbonyl (C=O) groups is 1. The van der Waals surface area contributed by atoms with Gasteiger partial charge in [0.2, 0.25) is 0 Å². The van der Waals surface area contributed by atoms with Crippen LogP contribution in [-0.2, 0) is 4.79 Å². The molecular formula is C19H22Cl2N3O+. The number of amides is 1. The van der Waals surface area contributed by atoms with Crippen LogP contribution in [0.4, 0.5) is 11.4 Å². The van der Waals surface area contributed by atoms with Gasteiger partial charge in [-0.2, -0.15) is 0 Å². The first-order valence-corrected chi connectivity index (χ1v) is 9.18. The minimum Gasteiger partial charge on any atom is -0.360 e. The van der Waals surface area contributed by atoms with Crippen molar-refractivity contribution < 1.29 is 9.69 Å². The monoisotopic (exact) mass is 378 g/mol. The Morgan fingerprint density at radius 1 is 1.08 bits per heavy atom. The van der Waals surface area contributed by atoms with Crippen molar-refractivity contribution in [2.75, 3.05) is 42.9 Å². The summed E-state index contributed by atoms with van der Waals surface area (Å²) < 4.78 is 0. The number of halogens is 2. The van der Waals surface area contributed by atoms with E-state index in [2.05, 4.69) is 41.4 Å². The number of piperazine rings is 1. The summed E-state index contributed by atoms with van der Waals surface area (Å²) in [5.41, 5.74) is 3.07. The smallest absolute Gasteiger partial charge is 0.279 e. The van der Waals surface area contributed by atoms with Gasteiger partial charge in [0.1, 0.15) is 0 Å². The molecule has 2 aromatic carbocycles. The average molecular weight is 379 g/mol. The third-order valence-electron chi connectivity index (χ3n) is 4.56. The number of carbonyl (C=O) groups excluding carboxylic acids is 1. The van der Waals surface area contributed by atoms with Crippen LogP contribution in [-0.4, -0.2) is 38.6 Å². The Morgan fingerprint density at radius 2 is 1.72 bits per heavy atom. The Bertz CT molecular complexity index is 738. The molecule has 1 aliphatic heterocycles. The van der Waals surface area contributed by atoms with Crippen LogP contribution in [0, 0.1) is 6.92 Å². The fraction of sp³-hybridized carbons (Fsp3) is 0.316. The van der Waals surface area contributed by atoms with Crippen LogP contribution in [0.5, 0.6) is 0 Å². The van der Waals surface area contributed by atoms with Gasteiger partial charge in [0.05, 0.1) is 41.9 Å². The van der Waals surface area contributed by atoms with E-state index in [1.54, 1.807) is 18.2 Å². The molecular weight excluding hydrogens is 357 g/mol. The van der Waals surface area contributed by atoms with Crippen LogP contribution in [0.25, 0.3) is 0 Å². The molecule has 25 heavy (non-hydrogen) atoms. The van der Waals surface area contributed by atoms with Gasteiger partial charge in [-0.1, -0.05) is 47.5 Å². The van der Waals surface area contributed by atoms with E-state index >= 15 is 0 Å². The molecule has 0 unspecified atom stereocenters. The van der Waals surface area contributed by atoms with Crippen LogP contribution < -0.4 is 15.1 Å². The van der Waals surface area contributed by atoms with Gasteiger partial charge in [-0.3, -0.25) is 4.79 Å². The summed E-state index contributed by atoms with van der Waals surface area (Å²) in [6.45, 7) is 6.30. The van der Waals surface area contributed by atoms with E-state index in [0.717, 1.165) is 26.2 Å². The van der Waals surface area contributed by atoms with Gasteiger partial charge in [-0.25, -0.2) is 0 Å². The second kappa shape index (κ2) is 8.09. The largest absolute Gasteiger partial charge is 0.360 e. The number of hydrogen-bond acceptors (Lipinski definition) is 2. The van der Waals surface area contributed by atoms with Crippen molar-refractivity contribution in [2.45, 2.75) is 6.92 Å². The molecule has 0 aliphatic carbocycles. The zero-order chi connectivity index (χ0) is 17.8. The highest BCUT2D eigenvalue weighted by Crippen LogP contribution is 2.29. The van der Waals surface area contributed by atoms with Gasteiger partial charge in [0.25, 0.3) is 5.91 Å². The van der Waals surface area contributed by atoms with Crippen LogP contribution in [0.15, 0.2) is 42.5 Å². The maximum absolute atomic E-state index is 12.3. The Kier molecular flexibility index (Phi) is 5.84. The van der Waals surface area contributed by atoms with Gasteiger partial charge in [0, 0.05) is 5.69 Å². The van der Waals surface area contributed by atoms with Crippen molar-refractivity contribution in [2.24, 2.45) is 0 Å². The molecule has 1 saturated heterocycles. The van der Waals surface area contributed by atoms with Crippen molar-refractivity contribution in [1.29, 1.82) is 0 Å². The third-order valence-corrected chi connectivity index (χ3v) is 5.19. The molecule has 132 valence electrons. The van der Waals surface area contributed by atoms with Crippen molar-refractivity contribution in [1.82, 2.24) is 0 Å². The van der Waals surface area contributed by atoms with E-state index in [1.165, 1.54) is 16.2 Å². The molecule has 4 nitrogen and oxygen atoms in total. The second-order valence-electron chi connectivity index (χ2n) is 6.35. The summed E-state index contributed by atoms with van der Waals surface area (Å²) >= 11 is 12.2. The van der Waals surface area contributed by atoms with Crippen molar-refractivity contribution >= 4 is 40.5 Å². The lowest BCUT2D eigenvalue weighted by Gasteiger charge is -2.34. The van der Waals surface area contributed by atoms with Crippen LogP contribution in [0.2, 0.25) is 10.0 Å². The Balaban J connectivity index is 1.54. The molecule has 0 spiro atoms. The second-order valence-corrected chi connectivity index (χ2v) is 7.16. The van der Waals surface area contributed by atoms with E-state index in [9.17, 15) is 4.79 Å². The summed E-state index contributed by atoms with van der Waals surface area (Å²) in [4.78, 5) is 16.0. The number of aryl methyl sites for hydroxylation is 1. The minimum absolute atomic E-state index is 0.0608. The van der Waals surface area contributed by atoms with Gasteiger partial charge in [-0.15, -0.1) is 0 Å². The lowest BCUT2D eigenvalue weighted by atomic mass is 10.1. The number of benzene rings is 2. The normalized spacial score (nSPS) is 15.2. The topological polar surface area (TPSA) is 36.8 Å². The first-order chi connectivity index (χ1) is 12.0. The molecule has 1 heterocycles. The van der Waals surface area contributed by atoms with Crippen molar-refractivity contribution in [3.8, 4) is 0 Å². The average Bonchev–Trinajstić information content (AvgIpc) is 2.60. The first kappa shape index (κ1) is 18.1. The summed E-state index contributed by atoms with van der Waals surface area (Å²) in [5, 5.41) is 3.76. The van der Waals surface area contributed by atoms with E-state index in [4.69, 9.17) is 23.2 Å². The summed E-state index contributed by atoms with van der Waals surface area (Å²) in [7, 11) is 0. The Labute approximate surface area is 158 Å². The van der Waals surface area contributed by atoms with Gasteiger partial charge in [0.15, 0.2) is 6.54 Å². The van der Waals surface area contributed by atoms with E-state index in [-0.39, 0.29) is 5.91 Å². The number of nitrogens with zero attached hydrogens (tertiary/aromatic N) is 1. The SMILES string of the molecule is Cc1ccccc1N1CC[NH+](CC(=O)Nc2c(Cl)cccc2Cl)CC1. The first-order valence-electron chi connectivity index (χ1n) is 8.42. The molecule has 0 aromatic heterocycles. The highest BCUT2D eigenvalue weighted by molar-refractivity contribution is 6.39. The Morgan fingerprint density at radius 3 is 2.36 bits per heavy atom. The highest BCUT2D eigenvalue weighted by Gasteiger charge is 2.23. The maximum atomic E-state index is 12.3. The molecule has 0 atom stereocenters. The number of anilines is 2. The standard InChI is InChI=1S/C19H21Cl2N3O/c1-14-5-2-3-8-17(14)24-11-9-23(10-12-24)13-18(25)22-19-15(20)6-4-7-16(19)21/h2-8H,9-13H2,1H3,(H,22,25)/p+1. The number of para-hydroxylation sites is 2. The number of nitrogens with one attached hydrogen (secondary N) is 2. The predicted molar refractivity (Wildman–Crippen MR) is 104 cm³/mol. The molecule has 0 saturated carbocycles. The number of hydrogen-bond donors (Lipinski definition) is 2. The Hall–Kier alpha value is -1.75. The molecule has 1 amide bonds. The highest BCUT2D eigenvalue weighted by atomic mass is 35.5. The maximum Gasteiger partial charge on any atom is 0.279 e. The molecule has 0 radical (unpaired) electrons. The quantitative estimate of drug-likeness (QED) is 0.857. The molecule has 2 N–H and O–H groups in total. The van der Waals surface area contributed by atoms with Crippen molar-refractivity contribution in [3.05, 3.63) is 58.1 Å². The molecule has 1 fully saturated rings. The van der Waals surface area contributed by atoms with Gasteiger partial charge >= 0.3 is 0 Å². The minimum atomic E-state index is -0.0608. The van der Waals surface area contributed by atoms with Gasteiger partial charge < -0.3 is 15.1 Å². The lowest BCUT2D eigenvalue weighted by Crippen LogP contribution is -3.15. The third kappa shape index (κ3) is 4.46. The number of rotatable bonds is 4. The van der Waals surface area contributed by atoms with Crippen LogP contribution in [0.3, 0.4) is 0 Å². The molecule has 6 heteroatoms. The van der Waals surface area contributed by atoms with E-state index < -0.39 is 0 Å². The van der Waals surface area contributed by atoms with Crippen LogP contribution >= 0.6 is 23.2 Å². The van der Waals surface area contributed by atoms with Crippen molar-refractivity contribution in [3.63, 3.8) is 0 Å². The molecule has 2 aromatic rings. The zero-order valence-corrected chi connectivity index (χ0v) is 15.7. The molecule has 1 aliphatic rings. The molecule has 3 rings (SSSR count). The zero-order valence-electron chi connectivity index (χ0n) is 14.2. The predicted octanol–water partition coefficient (Wildman–Crippen LogP) is 2.65. The van der Waals surface area contributed by atoms with E-state index in [1.807, 2.05) is 0 Å². The lowest BCUT2D eigenvalue weighted by molar-refractivity contribution is -0.892. The summed E-state index contributed by atoms with van der Waals surface area (Å²) in [6.07, 6.45) is 0. The summed E-state index contributed by atoms with van der Waals surface area (Å²) in [5.74, 6) is -0.0608. The van der Waals surface area contributed by atoms with E-state index in [0.29, 0.717) is 22.3 Å².